The number of hydrogen-bond acceptors (Lipinski definition) is 3. The van der Waals surface area contributed by atoms with Gasteiger partial charge in [-0.3, -0.25) is 4.79 Å². The molecule has 0 saturated heterocycles. The maximum Gasteiger partial charge on any atom is 0.239 e. The molecule has 0 bridgehead atoms. The fraction of sp³-hybridized carbons (Fsp3) is 0.462. The molecule has 0 spiro atoms. The second kappa shape index (κ2) is 7.54. The minimum Gasteiger partial charge on any atom is -0.494 e. The summed E-state index contributed by atoms with van der Waals surface area (Å²) in [5, 5.41) is 5.79. The van der Waals surface area contributed by atoms with Crippen molar-refractivity contribution in [3.8, 4) is 5.75 Å². The zero-order valence-electron chi connectivity index (χ0n) is 10.5. The lowest BCUT2D eigenvalue weighted by molar-refractivity contribution is -0.119. The molecule has 1 aromatic rings. The SMILES string of the molecule is CCCOc1cccc(NCC(=O)NCC)c1. The number of benzene rings is 1. The maximum atomic E-state index is 11.3. The highest BCUT2D eigenvalue weighted by molar-refractivity contribution is 5.80. The fourth-order valence-electron chi connectivity index (χ4n) is 1.36. The average Bonchev–Trinajstić information content (AvgIpc) is 2.35. The van der Waals surface area contributed by atoms with E-state index in [4.69, 9.17) is 4.74 Å². The zero-order chi connectivity index (χ0) is 12.5. The van der Waals surface area contributed by atoms with Crippen molar-refractivity contribution in [2.45, 2.75) is 20.3 Å². The molecule has 1 rings (SSSR count). The topological polar surface area (TPSA) is 50.4 Å². The smallest absolute Gasteiger partial charge is 0.239 e. The summed E-state index contributed by atoms with van der Waals surface area (Å²) >= 11 is 0. The van der Waals surface area contributed by atoms with Gasteiger partial charge in [0.15, 0.2) is 0 Å². The molecule has 1 amide bonds. The number of nitrogens with one attached hydrogen (secondary N) is 2. The van der Waals surface area contributed by atoms with Crippen LogP contribution < -0.4 is 15.4 Å². The molecule has 0 aliphatic heterocycles. The molecule has 0 aliphatic carbocycles. The summed E-state index contributed by atoms with van der Waals surface area (Å²) in [5.41, 5.74) is 0.893. The Kier molecular flexibility index (Phi) is 5.93. The summed E-state index contributed by atoms with van der Waals surface area (Å²) in [6.07, 6.45) is 0.983. The van der Waals surface area contributed by atoms with E-state index in [1.54, 1.807) is 0 Å². The minimum atomic E-state index is -0.00706. The van der Waals surface area contributed by atoms with E-state index >= 15 is 0 Å². The van der Waals surface area contributed by atoms with Crippen LogP contribution in [0.25, 0.3) is 0 Å². The van der Waals surface area contributed by atoms with Crippen molar-refractivity contribution in [1.29, 1.82) is 0 Å². The third-order valence-electron chi connectivity index (χ3n) is 2.13. The molecule has 0 unspecified atom stereocenters. The van der Waals surface area contributed by atoms with E-state index in [-0.39, 0.29) is 12.5 Å². The average molecular weight is 236 g/mol. The van der Waals surface area contributed by atoms with Crippen LogP contribution in [0, 0.1) is 0 Å². The van der Waals surface area contributed by atoms with Gasteiger partial charge in [-0.1, -0.05) is 13.0 Å². The minimum absolute atomic E-state index is 0.00706. The van der Waals surface area contributed by atoms with Gasteiger partial charge in [0, 0.05) is 18.3 Å². The largest absolute Gasteiger partial charge is 0.494 e. The number of anilines is 1. The lowest BCUT2D eigenvalue weighted by Gasteiger charge is -2.09. The van der Waals surface area contributed by atoms with Crippen molar-refractivity contribution in [2.75, 3.05) is 25.0 Å². The van der Waals surface area contributed by atoms with Crippen LogP contribution in [0.3, 0.4) is 0 Å². The first-order chi connectivity index (χ1) is 8.26. The van der Waals surface area contributed by atoms with Crippen molar-refractivity contribution < 1.29 is 9.53 Å². The Morgan fingerprint density at radius 2 is 2.18 bits per heavy atom. The Labute approximate surface area is 102 Å². The van der Waals surface area contributed by atoms with E-state index in [0.29, 0.717) is 13.2 Å². The zero-order valence-corrected chi connectivity index (χ0v) is 10.5. The second-order valence-corrected chi connectivity index (χ2v) is 3.68. The number of likely N-dealkylation sites (N-methyl/N-ethyl adjacent to an activating group) is 1. The van der Waals surface area contributed by atoms with Crippen LogP contribution in [0.15, 0.2) is 24.3 Å². The Morgan fingerprint density at radius 3 is 2.88 bits per heavy atom. The molecule has 4 heteroatoms. The molecular formula is C13H20N2O2. The second-order valence-electron chi connectivity index (χ2n) is 3.68. The highest BCUT2D eigenvalue weighted by Gasteiger charge is 2.00. The van der Waals surface area contributed by atoms with Crippen LogP contribution in [0.1, 0.15) is 20.3 Å². The Hall–Kier alpha value is -1.71. The maximum absolute atomic E-state index is 11.3. The number of rotatable bonds is 7. The molecule has 2 N–H and O–H groups in total. The van der Waals surface area contributed by atoms with Crippen molar-refractivity contribution in [3.63, 3.8) is 0 Å². The summed E-state index contributed by atoms with van der Waals surface area (Å²) in [7, 11) is 0. The Bertz CT molecular complexity index is 353. The molecular weight excluding hydrogens is 216 g/mol. The van der Waals surface area contributed by atoms with Gasteiger partial charge in [0.1, 0.15) is 5.75 Å². The highest BCUT2D eigenvalue weighted by atomic mass is 16.5. The third-order valence-corrected chi connectivity index (χ3v) is 2.13. The van der Waals surface area contributed by atoms with Gasteiger partial charge in [-0.25, -0.2) is 0 Å². The van der Waals surface area contributed by atoms with Crippen molar-refractivity contribution in [1.82, 2.24) is 5.32 Å². The van der Waals surface area contributed by atoms with E-state index < -0.39 is 0 Å². The number of amides is 1. The van der Waals surface area contributed by atoms with E-state index in [2.05, 4.69) is 17.6 Å². The van der Waals surface area contributed by atoms with Crippen molar-refractivity contribution in [3.05, 3.63) is 24.3 Å². The summed E-state index contributed by atoms with van der Waals surface area (Å²) in [5.74, 6) is 0.820. The Balaban J connectivity index is 2.45. The summed E-state index contributed by atoms with van der Waals surface area (Å²) in [4.78, 5) is 11.3. The van der Waals surface area contributed by atoms with Gasteiger partial charge < -0.3 is 15.4 Å². The molecule has 0 heterocycles. The molecule has 4 nitrogen and oxygen atoms in total. The van der Waals surface area contributed by atoms with E-state index in [0.717, 1.165) is 17.9 Å². The normalized spacial score (nSPS) is 9.76. The fourth-order valence-corrected chi connectivity index (χ4v) is 1.36. The monoisotopic (exact) mass is 236 g/mol. The van der Waals surface area contributed by atoms with Crippen LogP contribution in [0.4, 0.5) is 5.69 Å². The van der Waals surface area contributed by atoms with Gasteiger partial charge in [0.05, 0.1) is 13.2 Å². The first-order valence-electron chi connectivity index (χ1n) is 5.99. The summed E-state index contributed by atoms with van der Waals surface area (Å²) < 4.78 is 5.51. The Morgan fingerprint density at radius 1 is 1.35 bits per heavy atom. The van der Waals surface area contributed by atoms with Crippen LogP contribution >= 0.6 is 0 Å². The first-order valence-corrected chi connectivity index (χ1v) is 5.99. The van der Waals surface area contributed by atoms with Gasteiger partial charge in [0.25, 0.3) is 0 Å². The first kappa shape index (κ1) is 13.4. The quantitative estimate of drug-likeness (QED) is 0.761. The van der Waals surface area contributed by atoms with Gasteiger partial charge in [0.2, 0.25) is 5.91 Å². The molecule has 0 radical (unpaired) electrons. The number of ether oxygens (including phenoxy) is 1. The number of carbonyl (C=O) groups is 1. The lowest BCUT2D eigenvalue weighted by Crippen LogP contribution is -2.29. The highest BCUT2D eigenvalue weighted by Crippen LogP contribution is 2.17. The standard InChI is InChI=1S/C13H20N2O2/c1-3-8-17-12-7-5-6-11(9-12)15-10-13(16)14-4-2/h5-7,9,15H,3-4,8,10H2,1-2H3,(H,14,16). The predicted octanol–water partition coefficient (Wildman–Crippen LogP) is 2.02. The lowest BCUT2D eigenvalue weighted by atomic mass is 10.3. The van der Waals surface area contributed by atoms with Gasteiger partial charge in [-0.2, -0.15) is 0 Å². The van der Waals surface area contributed by atoms with E-state index in [1.807, 2.05) is 31.2 Å². The van der Waals surface area contributed by atoms with Crippen LogP contribution in [0.2, 0.25) is 0 Å². The molecule has 1 aromatic carbocycles. The predicted molar refractivity (Wildman–Crippen MR) is 69.4 cm³/mol. The van der Waals surface area contributed by atoms with E-state index in [1.165, 1.54) is 0 Å². The molecule has 0 fully saturated rings. The van der Waals surface area contributed by atoms with Crippen LogP contribution in [-0.2, 0) is 4.79 Å². The molecule has 0 aromatic heterocycles. The molecule has 94 valence electrons. The van der Waals surface area contributed by atoms with Crippen LogP contribution in [-0.4, -0.2) is 25.6 Å². The van der Waals surface area contributed by atoms with Gasteiger partial charge in [-0.15, -0.1) is 0 Å². The molecule has 0 aliphatic rings. The van der Waals surface area contributed by atoms with Crippen molar-refractivity contribution in [2.24, 2.45) is 0 Å². The molecule has 0 saturated carbocycles. The van der Waals surface area contributed by atoms with Crippen LogP contribution in [0.5, 0.6) is 5.75 Å². The molecule has 17 heavy (non-hydrogen) atoms. The third kappa shape index (κ3) is 5.24. The number of carbonyl (C=O) groups excluding carboxylic acids is 1. The van der Waals surface area contributed by atoms with Gasteiger partial charge in [-0.05, 0) is 25.5 Å². The van der Waals surface area contributed by atoms with Gasteiger partial charge >= 0.3 is 0 Å². The van der Waals surface area contributed by atoms with E-state index in [9.17, 15) is 4.79 Å². The number of hydrogen-bond donors (Lipinski definition) is 2. The van der Waals surface area contributed by atoms with Crippen molar-refractivity contribution >= 4 is 11.6 Å². The summed E-state index contributed by atoms with van der Waals surface area (Å²) in [6, 6.07) is 7.63. The molecule has 0 atom stereocenters. The summed E-state index contributed by atoms with van der Waals surface area (Å²) in [6.45, 7) is 5.61.